The minimum atomic E-state index is -0.730. The Kier molecular flexibility index (Phi) is 3.23. The number of pyridine rings is 1. The first-order valence-electron chi connectivity index (χ1n) is 6.21. The zero-order valence-corrected chi connectivity index (χ0v) is 10.7. The second kappa shape index (κ2) is 4.39. The van der Waals surface area contributed by atoms with Gasteiger partial charge in [-0.2, -0.15) is 0 Å². The first-order valence-corrected chi connectivity index (χ1v) is 6.21. The highest BCUT2D eigenvalue weighted by Gasteiger charge is 2.38. The molecule has 1 aliphatic rings. The third kappa shape index (κ3) is 2.35. The van der Waals surface area contributed by atoms with E-state index in [1.54, 1.807) is 6.20 Å². The van der Waals surface area contributed by atoms with Crippen LogP contribution in [0, 0.1) is 5.41 Å². The Balaban J connectivity index is 2.21. The van der Waals surface area contributed by atoms with Crippen LogP contribution in [0.2, 0.25) is 0 Å². The van der Waals surface area contributed by atoms with Crippen LogP contribution in [0.3, 0.4) is 0 Å². The second-order valence-corrected chi connectivity index (χ2v) is 5.99. The van der Waals surface area contributed by atoms with E-state index in [1.165, 1.54) is 5.56 Å². The van der Waals surface area contributed by atoms with Crippen molar-refractivity contribution < 1.29 is 10.2 Å². The molecule has 94 valence electrons. The van der Waals surface area contributed by atoms with Crippen molar-refractivity contribution in [2.24, 2.45) is 5.41 Å². The van der Waals surface area contributed by atoms with Gasteiger partial charge in [0.05, 0.1) is 12.2 Å². The van der Waals surface area contributed by atoms with Crippen LogP contribution in [0.15, 0.2) is 18.3 Å². The molecule has 0 fully saturated rings. The van der Waals surface area contributed by atoms with Crippen LogP contribution in [0.4, 0.5) is 0 Å². The lowest BCUT2D eigenvalue weighted by Gasteiger charge is -2.33. The van der Waals surface area contributed by atoms with E-state index in [1.807, 2.05) is 26.8 Å². The Bertz CT molecular complexity index is 397. The molecule has 1 heterocycles. The summed E-state index contributed by atoms with van der Waals surface area (Å²) in [6.07, 6.45) is 2.13. The summed E-state index contributed by atoms with van der Waals surface area (Å²) >= 11 is 0. The van der Waals surface area contributed by atoms with Gasteiger partial charge in [-0.1, -0.05) is 26.8 Å². The number of rotatable bonds is 2. The van der Waals surface area contributed by atoms with Gasteiger partial charge in [-0.05, 0) is 29.9 Å². The molecule has 3 atom stereocenters. The largest absolute Gasteiger partial charge is 0.390 e. The fourth-order valence-corrected chi connectivity index (χ4v) is 2.51. The Morgan fingerprint density at radius 2 is 2.06 bits per heavy atom. The molecule has 0 spiro atoms. The number of nitrogens with zero attached hydrogens (tertiary/aromatic N) is 1. The number of hydrogen-bond donors (Lipinski definition) is 2. The van der Waals surface area contributed by atoms with Crippen LogP contribution in [-0.2, 0) is 6.42 Å². The van der Waals surface area contributed by atoms with E-state index < -0.39 is 12.2 Å². The molecule has 0 amide bonds. The zero-order valence-electron chi connectivity index (χ0n) is 10.7. The maximum absolute atomic E-state index is 10.3. The minimum Gasteiger partial charge on any atom is -0.390 e. The van der Waals surface area contributed by atoms with Gasteiger partial charge >= 0.3 is 0 Å². The van der Waals surface area contributed by atoms with Gasteiger partial charge in [0.2, 0.25) is 0 Å². The van der Waals surface area contributed by atoms with Crippen molar-refractivity contribution in [3.63, 3.8) is 0 Å². The van der Waals surface area contributed by atoms with Crippen LogP contribution in [0.1, 0.15) is 44.4 Å². The maximum atomic E-state index is 10.3. The van der Waals surface area contributed by atoms with Crippen molar-refractivity contribution in [2.75, 3.05) is 0 Å². The van der Waals surface area contributed by atoms with Crippen LogP contribution in [-0.4, -0.2) is 27.4 Å². The molecular formula is C14H21NO2. The lowest BCUT2D eigenvalue weighted by molar-refractivity contribution is -0.0563. The minimum absolute atomic E-state index is 0.0274. The Morgan fingerprint density at radius 3 is 2.71 bits per heavy atom. The zero-order chi connectivity index (χ0) is 12.6. The van der Waals surface area contributed by atoms with E-state index in [9.17, 15) is 10.2 Å². The number of hydrogen-bond acceptors (Lipinski definition) is 3. The van der Waals surface area contributed by atoms with Gasteiger partial charge in [0.15, 0.2) is 0 Å². The molecule has 0 saturated carbocycles. The summed E-state index contributed by atoms with van der Waals surface area (Å²) < 4.78 is 0. The highest BCUT2D eigenvalue weighted by molar-refractivity contribution is 5.29. The Morgan fingerprint density at radius 1 is 1.35 bits per heavy atom. The van der Waals surface area contributed by atoms with Gasteiger partial charge in [-0.25, -0.2) is 0 Å². The molecular weight excluding hydrogens is 214 g/mol. The summed E-state index contributed by atoms with van der Waals surface area (Å²) in [5.74, 6) is -0.0274. The first kappa shape index (κ1) is 12.5. The van der Waals surface area contributed by atoms with Crippen LogP contribution in [0.5, 0.6) is 0 Å². The normalized spacial score (nSPS) is 23.2. The summed E-state index contributed by atoms with van der Waals surface area (Å²) in [5.41, 5.74) is 1.86. The summed E-state index contributed by atoms with van der Waals surface area (Å²) in [6, 6.07) is 3.98. The highest BCUT2D eigenvalue weighted by Crippen LogP contribution is 2.37. The number of aliphatic hydroxyl groups is 2. The van der Waals surface area contributed by atoms with Crippen molar-refractivity contribution in [3.05, 3.63) is 29.6 Å². The van der Waals surface area contributed by atoms with E-state index in [0.717, 1.165) is 18.5 Å². The van der Waals surface area contributed by atoms with E-state index in [0.29, 0.717) is 0 Å². The topological polar surface area (TPSA) is 53.4 Å². The molecule has 0 saturated heterocycles. The predicted octanol–water partition coefficient (Wildman–Crippen LogP) is 1.88. The van der Waals surface area contributed by atoms with E-state index in [-0.39, 0.29) is 11.3 Å². The number of aliphatic hydroxyl groups excluding tert-OH is 2. The molecule has 2 N–H and O–H groups in total. The Labute approximate surface area is 103 Å². The van der Waals surface area contributed by atoms with Crippen molar-refractivity contribution in [1.29, 1.82) is 0 Å². The molecule has 17 heavy (non-hydrogen) atoms. The molecule has 0 radical (unpaired) electrons. The van der Waals surface area contributed by atoms with Crippen molar-refractivity contribution >= 4 is 0 Å². The van der Waals surface area contributed by atoms with Gasteiger partial charge in [0.1, 0.15) is 0 Å². The molecule has 3 unspecified atom stereocenters. The summed E-state index contributed by atoms with van der Waals surface area (Å²) in [5, 5.41) is 20.5. The second-order valence-electron chi connectivity index (χ2n) is 5.99. The quantitative estimate of drug-likeness (QED) is 0.823. The molecule has 0 aliphatic heterocycles. The number of aromatic nitrogens is 1. The average molecular weight is 235 g/mol. The lowest BCUT2D eigenvalue weighted by Crippen LogP contribution is -2.40. The molecule has 1 aromatic rings. The first-order chi connectivity index (χ1) is 7.91. The van der Waals surface area contributed by atoms with Gasteiger partial charge in [-0.15, -0.1) is 0 Å². The number of aryl methyl sites for hydroxylation is 1. The fraction of sp³-hybridized carbons (Fsp3) is 0.643. The van der Waals surface area contributed by atoms with Gasteiger partial charge in [0.25, 0.3) is 0 Å². The van der Waals surface area contributed by atoms with Gasteiger partial charge in [0, 0.05) is 17.8 Å². The van der Waals surface area contributed by atoms with Crippen molar-refractivity contribution in [3.8, 4) is 0 Å². The van der Waals surface area contributed by atoms with Crippen LogP contribution < -0.4 is 0 Å². The molecule has 0 aromatic carbocycles. The monoisotopic (exact) mass is 235 g/mol. The van der Waals surface area contributed by atoms with E-state index in [4.69, 9.17) is 0 Å². The average Bonchev–Trinajstić information content (AvgIpc) is 2.69. The third-order valence-electron chi connectivity index (χ3n) is 3.63. The van der Waals surface area contributed by atoms with Crippen LogP contribution in [0.25, 0.3) is 0 Å². The van der Waals surface area contributed by atoms with E-state index in [2.05, 4.69) is 11.1 Å². The molecule has 1 aliphatic carbocycles. The highest BCUT2D eigenvalue weighted by atomic mass is 16.3. The number of fused-ring (bicyclic) bond motifs is 1. The molecule has 0 bridgehead atoms. The Hall–Kier alpha value is -0.930. The van der Waals surface area contributed by atoms with Crippen molar-refractivity contribution in [1.82, 2.24) is 4.98 Å². The molecule has 3 heteroatoms. The predicted molar refractivity (Wildman–Crippen MR) is 66.8 cm³/mol. The van der Waals surface area contributed by atoms with E-state index >= 15 is 0 Å². The lowest BCUT2D eigenvalue weighted by atomic mass is 9.81. The SMILES string of the molecule is CC(C)(C)C(O)C(O)C1CCc2cccnc21. The molecule has 2 rings (SSSR count). The smallest absolute Gasteiger partial charge is 0.0887 e. The van der Waals surface area contributed by atoms with Crippen molar-refractivity contribution in [2.45, 2.75) is 51.7 Å². The summed E-state index contributed by atoms with van der Waals surface area (Å²) in [7, 11) is 0. The summed E-state index contributed by atoms with van der Waals surface area (Å²) in [4.78, 5) is 4.36. The maximum Gasteiger partial charge on any atom is 0.0887 e. The van der Waals surface area contributed by atoms with Gasteiger partial charge < -0.3 is 10.2 Å². The molecule has 3 nitrogen and oxygen atoms in total. The van der Waals surface area contributed by atoms with Gasteiger partial charge in [-0.3, -0.25) is 4.98 Å². The molecule has 1 aromatic heterocycles. The third-order valence-corrected chi connectivity index (χ3v) is 3.63. The summed E-state index contributed by atoms with van der Waals surface area (Å²) in [6.45, 7) is 5.82. The van der Waals surface area contributed by atoms with Crippen LogP contribution >= 0.6 is 0 Å². The standard InChI is InChI=1S/C14H21NO2/c1-14(2,3)13(17)12(16)10-7-6-9-5-4-8-15-11(9)10/h4-5,8,10,12-13,16-17H,6-7H2,1-3H3. The fourth-order valence-electron chi connectivity index (χ4n) is 2.51.